The molecule has 0 bridgehead atoms. The average Bonchev–Trinajstić information content (AvgIpc) is 2.60. The lowest BCUT2D eigenvalue weighted by molar-refractivity contribution is -0.384. The van der Waals surface area contributed by atoms with Crippen LogP contribution in [-0.2, 0) is 0 Å². The van der Waals surface area contributed by atoms with E-state index in [1.165, 1.54) is 19.2 Å². The van der Waals surface area contributed by atoms with Gasteiger partial charge < -0.3 is 4.74 Å². The standard InChI is InChI=1S/C18H15N3O3/c1-12-5-7-16-15(4-3-9-19-16)18(12)20-11-13-10-14(21(22)23)6-8-17(13)24-2/h3-11H,1-2H3. The Hall–Kier alpha value is -3.28. The molecule has 0 aliphatic carbocycles. The van der Waals surface area contributed by atoms with Crippen LogP contribution in [-0.4, -0.2) is 23.2 Å². The maximum atomic E-state index is 11.0. The summed E-state index contributed by atoms with van der Waals surface area (Å²) in [5.41, 5.74) is 3.17. The number of pyridine rings is 1. The van der Waals surface area contributed by atoms with E-state index in [-0.39, 0.29) is 5.69 Å². The number of aryl methyl sites for hydroxylation is 1. The van der Waals surface area contributed by atoms with Crippen LogP contribution in [0.1, 0.15) is 11.1 Å². The molecular weight excluding hydrogens is 306 g/mol. The maximum Gasteiger partial charge on any atom is 0.270 e. The monoisotopic (exact) mass is 321 g/mol. The Morgan fingerprint density at radius 3 is 2.83 bits per heavy atom. The fourth-order valence-electron chi connectivity index (χ4n) is 2.49. The number of rotatable bonds is 4. The first-order valence-electron chi connectivity index (χ1n) is 7.31. The van der Waals surface area contributed by atoms with Gasteiger partial charge in [-0.25, -0.2) is 0 Å². The van der Waals surface area contributed by atoms with Crippen LogP contribution < -0.4 is 4.74 Å². The molecule has 0 fully saturated rings. The molecule has 0 saturated heterocycles. The lowest BCUT2D eigenvalue weighted by atomic mass is 10.1. The molecule has 0 radical (unpaired) electrons. The van der Waals surface area contributed by atoms with Crippen LogP contribution in [0.5, 0.6) is 5.75 Å². The minimum absolute atomic E-state index is 0.00596. The smallest absolute Gasteiger partial charge is 0.270 e. The molecule has 24 heavy (non-hydrogen) atoms. The highest BCUT2D eigenvalue weighted by Crippen LogP contribution is 2.29. The van der Waals surface area contributed by atoms with E-state index in [9.17, 15) is 10.1 Å². The van der Waals surface area contributed by atoms with Crippen molar-refractivity contribution in [2.24, 2.45) is 4.99 Å². The number of fused-ring (bicyclic) bond motifs is 1. The Labute approximate surface area is 138 Å². The molecule has 0 unspecified atom stereocenters. The van der Waals surface area contributed by atoms with Gasteiger partial charge in [-0.2, -0.15) is 0 Å². The number of benzene rings is 2. The van der Waals surface area contributed by atoms with Crippen molar-refractivity contribution >= 4 is 28.5 Å². The summed E-state index contributed by atoms with van der Waals surface area (Å²) in [4.78, 5) is 19.4. The van der Waals surface area contributed by atoms with Crippen LogP contribution in [0.4, 0.5) is 11.4 Å². The topological polar surface area (TPSA) is 77.6 Å². The van der Waals surface area contributed by atoms with Crippen molar-refractivity contribution < 1.29 is 9.66 Å². The van der Waals surface area contributed by atoms with Crippen molar-refractivity contribution in [3.05, 3.63) is 69.9 Å². The summed E-state index contributed by atoms with van der Waals surface area (Å²) in [6, 6.07) is 12.1. The van der Waals surface area contributed by atoms with Gasteiger partial charge in [0.1, 0.15) is 5.75 Å². The quantitative estimate of drug-likeness (QED) is 0.409. The number of aliphatic imine (C=N–C) groups is 1. The lowest BCUT2D eigenvalue weighted by Gasteiger charge is -2.06. The molecule has 0 saturated carbocycles. The second kappa shape index (κ2) is 6.45. The van der Waals surface area contributed by atoms with Crippen LogP contribution >= 0.6 is 0 Å². The van der Waals surface area contributed by atoms with E-state index in [1.807, 2.05) is 31.2 Å². The molecule has 0 N–H and O–H groups in total. The van der Waals surface area contributed by atoms with Crippen molar-refractivity contribution in [1.82, 2.24) is 4.98 Å². The van der Waals surface area contributed by atoms with Crippen molar-refractivity contribution in [2.75, 3.05) is 7.11 Å². The second-order valence-electron chi connectivity index (χ2n) is 5.24. The van der Waals surface area contributed by atoms with Gasteiger partial charge in [-0.05, 0) is 36.8 Å². The summed E-state index contributed by atoms with van der Waals surface area (Å²) in [5, 5.41) is 11.9. The number of ether oxygens (including phenoxy) is 1. The zero-order chi connectivity index (χ0) is 17.1. The van der Waals surface area contributed by atoms with E-state index in [4.69, 9.17) is 4.74 Å². The Morgan fingerprint density at radius 1 is 1.25 bits per heavy atom. The predicted octanol–water partition coefficient (Wildman–Crippen LogP) is 4.21. The van der Waals surface area contributed by atoms with Crippen LogP contribution in [0.2, 0.25) is 0 Å². The molecule has 0 spiro atoms. The number of hydrogen-bond acceptors (Lipinski definition) is 5. The zero-order valence-electron chi connectivity index (χ0n) is 13.3. The van der Waals surface area contributed by atoms with Gasteiger partial charge in [0, 0.05) is 35.5 Å². The highest BCUT2D eigenvalue weighted by Gasteiger charge is 2.10. The predicted molar refractivity (Wildman–Crippen MR) is 93.4 cm³/mol. The van der Waals surface area contributed by atoms with Crippen molar-refractivity contribution in [3.63, 3.8) is 0 Å². The van der Waals surface area contributed by atoms with Gasteiger partial charge in [-0.3, -0.25) is 20.1 Å². The maximum absolute atomic E-state index is 11.0. The zero-order valence-corrected chi connectivity index (χ0v) is 13.3. The van der Waals surface area contributed by atoms with E-state index in [1.54, 1.807) is 18.5 Å². The van der Waals surface area contributed by atoms with Gasteiger partial charge in [0.2, 0.25) is 0 Å². The molecule has 0 aliphatic heterocycles. The first-order chi connectivity index (χ1) is 11.6. The number of nitro groups is 1. The Bertz CT molecular complexity index is 951. The Kier molecular flexibility index (Phi) is 4.20. The van der Waals surface area contributed by atoms with Crippen molar-refractivity contribution in [1.29, 1.82) is 0 Å². The molecule has 1 heterocycles. The fraction of sp³-hybridized carbons (Fsp3) is 0.111. The van der Waals surface area contributed by atoms with E-state index >= 15 is 0 Å². The van der Waals surface area contributed by atoms with Gasteiger partial charge in [0.25, 0.3) is 5.69 Å². The molecule has 6 nitrogen and oxygen atoms in total. The highest BCUT2D eigenvalue weighted by molar-refractivity contribution is 5.95. The summed E-state index contributed by atoms with van der Waals surface area (Å²) in [5.74, 6) is 0.528. The van der Waals surface area contributed by atoms with E-state index in [0.717, 1.165) is 22.2 Å². The van der Waals surface area contributed by atoms with Gasteiger partial charge in [-0.1, -0.05) is 6.07 Å². The molecular formula is C18H15N3O3. The van der Waals surface area contributed by atoms with Crippen LogP contribution in [0, 0.1) is 17.0 Å². The second-order valence-corrected chi connectivity index (χ2v) is 5.24. The van der Waals surface area contributed by atoms with Gasteiger partial charge in [0.15, 0.2) is 0 Å². The van der Waals surface area contributed by atoms with Crippen LogP contribution in [0.15, 0.2) is 53.7 Å². The van der Waals surface area contributed by atoms with E-state index in [2.05, 4.69) is 9.98 Å². The molecule has 120 valence electrons. The minimum Gasteiger partial charge on any atom is -0.496 e. The van der Waals surface area contributed by atoms with Crippen LogP contribution in [0.3, 0.4) is 0 Å². The van der Waals surface area contributed by atoms with E-state index < -0.39 is 4.92 Å². The third-order valence-electron chi connectivity index (χ3n) is 3.72. The number of hydrogen-bond donors (Lipinski definition) is 0. The summed E-state index contributed by atoms with van der Waals surface area (Å²) in [6.07, 6.45) is 3.31. The Morgan fingerprint density at radius 2 is 2.08 bits per heavy atom. The third kappa shape index (κ3) is 2.94. The molecule has 0 aliphatic rings. The molecule has 3 aromatic rings. The normalized spacial score (nSPS) is 11.1. The summed E-state index contributed by atoms with van der Waals surface area (Å²) in [6.45, 7) is 1.96. The Balaban J connectivity index is 2.10. The first-order valence-corrected chi connectivity index (χ1v) is 7.31. The van der Waals surface area contributed by atoms with Crippen molar-refractivity contribution in [3.8, 4) is 5.75 Å². The van der Waals surface area contributed by atoms with Crippen molar-refractivity contribution in [2.45, 2.75) is 6.92 Å². The van der Waals surface area contributed by atoms with Gasteiger partial charge in [0.05, 0.1) is 23.2 Å². The first kappa shape index (κ1) is 15.6. The molecule has 6 heteroatoms. The van der Waals surface area contributed by atoms with Gasteiger partial charge in [-0.15, -0.1) is 0 Å². The highest BCUT2D eigenvalue weighted by atomic mass is 16.6. The minimum atomic E-state index is -0.441. The lowest BCUT2D eigenvalue weighted by Crippen LogP contribution is -1.94. The number of aromatic nitrogens is 1. The molecule has 1 aromatic heterocycles. The molecule has 3 rings (SSSR count). The molecule has 2 aromatic carbocycles. The summed E-state index contributed by atoms with van der Waals surface area (Å²) in [7, 11) is 1.52. The SMILES string of the molecule is COc1ccc([N+](=O)[O-])cc1C=Nc1c(C)ccc2ncccc12. The third-order valence-corrected chi connectivity index (χ3v) is 3.72. The number of non-ortho nitro benzene ring substituents is 1. The molecule has 0 atom stereocenters. The summed E-state index contributed by atoms with van der Waals surface area (Å²) < 4.78 is 5.26. The largest absolute Gasteiger partial charge is 0.496 e. The fourth-order valence-corrected chi connectivity index (χ4v) is 2.49. The van der Waals surface area contributed by atoms with E-state index in [0.29, 0.717) is 11.3 Å². The van der Waals surface area contributed by atoms with Crippen LogP contribution in [0.25, 0.3) is 10.9 Å². The molecule has 0 amide bonds. The number of nitrogens with zero attached hydrogens (tertiary/aromatic N) is 3. The number of methoxy groups -OCH3 is 1. The average molecular weight is 321 g/mol. The van der Waals surface area contributed by atoms with Gasteiger partial charge >= 0.3 is 0 Å². The number of nitro benzene ring substituents is 1. The summed E-state index contributed by atoms with van der Waals surface area (Å²) >= 11 is 0.